The van der Waals surface area contributed by atoms with Crippen molar-refractivity contribution in [2.45, 2.75) is 51.9 Å². The lowest BCUT2D eigenvalue weighted by Crippen LogP contribution is -2.57. The van der Waals surface area contributed by atoms with Crippen molar-refractivity contribution in [3.05, 3.63) is 82.2 Å². The molecule has 39 heavy (non-hydrogen) atoms. The Labute approximate surface area is 234 Å². The van der Waals surface area contributed by atoms with Crippen LogP contribution in [0.2, 0.25) is 0 Å². The number of amides is 2. The lowest BCUT2D eigenvalue weighted by atomic mass is 9.45. The molecular weight excluding hydrogens is 500 g/mol. The molecule has 1 spiro atoms. The Balaban J connectivity index is 1.48. The first-order valence-electron chi connectivity index (χ1n) is 14.1. The summed E-state index contributed by atoms with van der Waals surface area (Å²) in [5.74, 6) is 1.11. The maximum Gasteiger partial charge on any atom is 0.262 e. The molecule has 4 nitrogen and oxygen atoms in total. The van der Waals surface area contributed by atoms with Crippen molar-refractivity contribution in [1.82, 2.24) is 0 Å². The predicted octanol–water partition coefficient (Wildman–Crippen LogP) is 7.59. The van der Waals surface area contributed by atoms with Crippen LogP contribution in [0.25, 0.3) is 16.0 Å². The van der Waals surface area contributed by atoms with Gasteiger partial charge in [0, 0.05) is 20.7 Å². The van der Waals surface area contributed by atoms with Gasteiger partial charge in [0.05, 0.1) is 23.2 Å². The fraction of sp³-hybridized carbons (Fsp3) is 0.382. The molecule has 2 bridgehead atoms. The normalized spacial score (nSPS) is 31.3. The molecule has 196 valence electrons. The highest BCUT2D eigenvalue weighted by Gasteiger charge is 2.66. The van der Waals surface area contributed by atoms with Crippen molar-refractivity contribution in [3.63, 3.8) is 0 Å². The number of carbonyl (C=O) groups excluding carboxylic acids is 2. The smallest absolute Gasteiger partial charge is 0.262 e. The Bertz CT molecular complexity index is 1590. The number of benzene rings is 2. The summed E-state index contributed by atoms with van der Waals surface area (Å²) < 4.78 is 0. The topological polar surface area (TPSA) is 61.2 Å². The Morgan fingerprint density at radius 2 is 1.77 bits per heavy atom. The van der Waals surface area contributed by atoms with Crippen LogP contribution in [-0.2, 0) is 15.0 Å². The van der Waals surface area contributed by atoms with Gasteiger partial charge in [0.1, 0.15) is 0 Å². The van der Waals surface area contributed by atoms with Crippen LogP contribution >= 0.6 is 11.3 Å². The highest BCUT2D eigenvalue weighted by Crippen LogP contribution is 2.66. The zero-order valence-corrected chi connectivity index (χ0v) is 23.4. The van der Waals surface area contributed by atoms with Gasteiger partial charge in [0.25, 0.3) is 5.91 Å². The van der Waals surface area contributed by atoms with E-state index in [1.807, 2.05) is 24.3 Å². The number of fused-ring (bicyclic) bond motifs is 7. The summed E-state index contributed by atoms with van der Waals surface area (Å²) in [4.78, 5) is 32.8. The van der Waals surface area contributed by atoms with E-state index >= 15 is 0 Å². The van der Waals surface area contributed by atoms with Gasteiger partial charge in [0.15, 0.2) is 0 Å². The van der Waals surface area contributed by atoms with Gasteiger partial charge in [-0.3, -0.25) is 9.59 Å². The number of allylic oxidation sites excluding steroid dienone is 1. The van der Waals surface area contributed by atoms with Crippen LogP contribution in [0.15, 0.2) is 66.2 Å². The Kier molecular flexibility index (Phi) is 5.51. The lowest BCUT2D eigenvalue weighted by molar-refractivity contribution is -0.126. The number of carbonyl (C=O) groups is 2. The van der Waals surface area contributed by atoms with Crippen LogP contribution < -0.4 is 4.90 Å². The number of hydrogen-bond acceptors (Lipinski definition) is 4. The van der Waals surface area contributed by atoms with Gasteiger partial charge >= 0.3 is 0 Å². The first-order chi connectivity index (χ1) is 18.8. The van der Waals surface area contributed by atoms with Gasteiger partial charge < -0.3 is 0 Å². The van der Waals surface area contributed by atoms with Crippen molar-refractivity contribution in [2.24, 2.45) is 29.6 Å². The van der Waals surface area contributed by atoms with Gasteiger partial charge in [0.2, 0.25) is 5.91 Å². The maximum absolute atomic E-state index is 14.6. The fourth-order valence-corrected chi connectivity index (χ4v) is 10.4. The van der Waals surface area contributed by atoms with Crippen LogP contribution in [0.5, 0.6) is 0 Å². The maximum atomic E-state index is 14.6. The number of hydrogen-bond donors (Lipinski definition) is 0. The molecule has 6 atom stereocenters. The van der Waals surface area contributed by atoms with Crippen LogP contribution in [-0.4, -0.2) is 11.8 Å². The molecule has 1 aliphatic heterocycles. The number of imide groups is 1. The van der Waals surface area contributed by atoms with Crippen LogP contribution in [0.4, 0.5) is 5.69 Å². The molecule has 1 saturated heterocycles. The summed E-state index contributed by atoms with van der Waals surface area (Å²) >= 11 is 1.84. The molecule has 0 radical (unpaired) electrons. The molecule has 3 aromatic rings. The molecule has 2 aromatic carbocycles. The molecule has 2 amide bonds. The molecule has 4 aliphatic rings. The summed E-state index contributed by atoms with van der Waals surface area (Å²) in [5.41, 5.74) is 4.50. The van der Waals surface area contributed by atoms with E-state index in [1.165, 1.54) is 26.6 Å². The summed E-state index contributed by atoms with van der Waals surface area (Å²) in [6.45, 7) is 6.74. The minimum Gasteiger partial charge on any atom is -0.273 e. The van der Waals surface area contributed by atoms with Crippen molar-refractivity contribution in [1.29, 1.82) is 5.26 Å². The summed E-state index contributed by atoms with van der Waals surface area (Å²) in [7, 11) is 0. The molecule has 3 fully saturated rings. The first-order valence-corrected chi connectivity index (χ1v) is 15.0. The van der Waals surface area contributed by atoms with Crippen molar-refractivity contribution >= 4 is 34.4 Å². The molecule has 7 rings (SSSR count). The fourth-order valence-electron chi connectivity index (χ4n) is 8.74. The number of nitriles is 1. The van der Waals surface area contributed by atoms with Crippen LogP contribution in [0.3, 0.4) is 0 Å². The van der Waals surface area contributed by atoms with Crippen molar-refractivity contribution in [3.8, 4) is 16.5 Å². The predicted molar refractivity (Wildman–Crippen MR) is 155 cm³/mol. The van der Waals surface area contributed by atoms with E-state index in [0.717, 1.165) is 30.4 Å². The quantitative estimate of drug-likeness (QED) is 0.319. The summed E-state index contributed by atoms with van der Waals surface area (Å²) in [5, 5.41) is 9.51. The molecule has 5 heteroatoms. The standard InChI is InChI=1S/C34H32N2O2S/c1-19-12-23-14-20(2)34(25(13-19)15-23)30-29(32(37)36(33(30)38)26-11-7-8-22(16-26)18-35)21(3)27-17-28(39-31(27)34)24-9-5-4-6-10-24/h4-11,16-17,19-20,23,25,30H,12-15H2,1-3H3. The van der Waals surface area contributed by atoms with Gasteiger partial charge in [-0.05, 0) is 97.2 Å². The number of thiophene rings is 1. The van der Waals surface area contributed by atoms with Gasteiger partial charge in [-0.2, -0.15) is 5.26 Å². The summed E-state index contributed by atoms with van der Waals surface area (Å²) in [6, 6.07) is 21.8. The Hall–Kier alpha value is -3.49. The second kappa shape index (κ2) is 8.76. The minimum atomic E-state index is -0.489. The molecule has 1 aromatic heterocycles. The van der Waals surface area contributed by atoms with Crippen LogP contribution in [0.1, 0.15) is 62.5 Å². The van der Waals surface area contributed by atoms with E-state index in [2.05, 4.69) is 50.2 Å². The van der Waals surface area contributed by atoms with Gasteiger partial charge in [-0.25, -0.2) is 4.90 Å². The van der Waals surface area contributed by atoms with E-state index in [1.54, 1.807) is 24.3 Å². The third-order valence-corrected chi connectivity index (χ3v) is 11.5. The van der Waals surface area contributed by atoms with E-state index < -0.39 is 11.3 Å². The van der Waals surface area contributed by atoms with E-state index in [4.69, 9.17) is 0 Å². The van der Waals surface area contributed by atoms with E-state index in [-0.39, 0.29) is 17.7 Å². The number of rotatable bonds is 2. The van der Waals surface area contributed by atoms with Gasteiger partial charge in [-0.1, -0.05) is 50.2 Å². The Morgan fingerprint density at radius 3 is 2.54 bits per heavy atom. The van der Waals surface area contributed by atoms with Crippen LogP contribution in [0, 0.1) is 40.9 Å². The third kappa shape index (κ3) is 3.34. The zero-order chi connectivity index (χ0) is 27.1. The minimum absolute atomic E-state index is 0.117. The molecular formula is C34H32N2O2S. The second-order valence-electron chi connectivity index (χ2n) is 12.3. The zero-order valence-electron chi connectivity index (χ0n) is 22.6. The summed E-state index contributed by atoms with van der Waals surface area (Å²) in [6.07, 6.45) is 4.57. The second-order valence-corrected chi connectivity index (χ2v) is 13.3. The highest BCUT2D eigenvalue weighted by molar-refractivity contribution is 7.16. The third-order valence-electron chi connectivity index (χ3n) is 10.1. The monoisotopic (exact) mass is 532 g/mol. The number of anilines is 1. The largest absolute Gasteiger partial charge is 0.273 e. The van der Waals surface area contributed by atoms with E-state index in [9.17, 15) is 14.9 Å². The van der Waals surface area contributed by atoms with Gasteiger partial charge in [-0.15, -0.1) is 11.3 Å². The molecule has 0 N–H and O–H groups in total. The average molecular weight is 533 g/mol. The number of nitrogens with zero attached hydrogens (tertiary/aromatic N) is 2. The first kappa shape index (κ1) is 24.5. The van der Waals surface area contributed by atoms with E-state index in [0.29, 0.717) is 34.6 Å². The highest BCUT2D eigenvalue weighted by atomic mass is 32.1. The molecule has 2 heterocycles. The average Bonchev–Trinajstić information content (AvgIpc) is 3.49. The molecule has 2 saturated carbocycles. The molecule has 3 aliphatic carbocycles. The van der Waals surface area contributed by atoms with Crippen molar-refractivity contribution in [2.75, 3.05) is 4.90 Å². The molecule has 6 unspecified atom stereocenters. The lowest BCUT2D eigenvalue weighted by Gasteiger charge is -2.58. The SMILES string of the molecule is CC1=C2C(=O)N(c3cccc(C#N)c3)C(=O)C2C2(c3sc(-c4ccccc4)cc31)C(C)CC1CC(C)CC2C1. The Morgan fingerprint density at radius 1 is 0.974 bits per heavy atom. The van der Waals surface area contributed by atoms with Crippen molar-refractivity contribution < 1.29 is 9.59 Å².